The van der Waals surface area contributed by atoms with Crippen molar-refractivity contribution in [2.45, 2.75) is 12.8 Å². The molecular weight excluding hydrogens is 319 g/mol. The Morgan fingerprint density at radius 3 is 2.32 bits per heavy atom. The van der Waals surface area contributed by atoms with Crippen molar-refractivity contribution in [3.63, 3.8) is 0 Å². The molecule has 1 heterocycles. The molecule has 0 amide bonds. The third-order valence-electron chi connectivity index (χ3n) is 4.37. The van der Waals surface area contributed by atoms with Crippen molar-refractivity contribution in [3.05, 3.63) is 65.5 Å². The first kappa shape index (κ1) is 17.3. The Balaban J connectivity index is 1.68. The van der Waals surface area contributed by atoms with Gasteiger partial charge in [-0.15, -0.1) is 0 Å². The van der Waals surface area contributed by atoms with Gasteiger partial charge < -0.3 is 5.32 Å². The van der Waals surface area contributed by atoms with E-state index in [4.69, 9.17) is 0 Å². The molecule has 5 heteroatoms. The lowest BCUT2D eigenvalue weighted by molar-refractivity contribution is 0.0931. The van der Waals surface area contributed by atoms with Crippen LogP contribution in [0.1, 0.15) is 33.6 Å². The first-order valence-electron chi connectivity index (χ1n) is 8.51. The van der Waals surface area contributed by atoms with Crippen LogP contribution >= 0.6 is 0 Å². The molecule has 4 nitrogen and oxygen atoms in total. The summed E-state index contributed by atoms with van der Waals surface area (Å²) in [6.45, 7) is 2.23. The molecule has 3 rings (SSSR count). The number of benzene rings is 2. The summed E-state index contributed by atoms with van der Waals surface area (Å²) < 4.78 is 13.2. The highest BCUT2D eigenvalue weighted by Gasteiger charge is 2.20. The first-order valence-corrected chi connectivity index (χ1v) is 8.51. The Labute approximate surface area is 146 Å². The number of rotatable bonds is 7. The summed E-state index contributed by atoms with van der Waals surface area (Å²) >= 11 is 0. The predicted molar refractivity (Wildman–Crippen MR) is 95.7 cm³/mol. The number of nitrogens with zero attached hydrogens (tertiary/aromatic N) is 1. The van der Waals surface area contributed by atoms with E-state index >= 15 is 0 Å². The van der Waals surface area contributed by atoms with E-state index in [9.17, 15) is 14.0 Å². The molecule has 0 unspecified atom stereocenters. The van der Waals surface area contributed by atoms with Crippen molar-refractivity contribution in [1.29, 1.82) is 0 Å². The SMILES string of the molecule is O=C(CNc1cccc(F)c1)c1ccccc1C(=O)CN1CCCC1. The Morgan fingerprint density at radius 1 is 0.960 bits per heavy atom. The van der Waals surface area contributed by atoms with Gasteiger partial charge in [-0.05, 0) is 44.1 Å². The summed E-state index contributed by atoms with van der Waals surface area (Å²) in [5, 5.41) is 2.91. The maximum atomic E-state index is 13.2. The molecule has 1 fully saturated rings. The Bertz CT molecular complexity index is 770. The largest absolute Gasteiger partial charge is 0.377 e. The van der Waals surface area contributed by atoms with Crippen LogP contribution in [0.2, 0.25) is 0 Å². The molecule has 2 aromatic carbocycles. The van der Waals surface area contributed by atoms with E-state index in [1.807, 2.05) is 0 Å². The van der Waals surface area contributed by atoms with Gasteiger partial charge in [-0.3, -0.25) is 14.5 Å². The zero-order chi connectivity index (χ0) is 17.6. The summed E-state index contributed by atoms with van der Waals surface area (Å²) in [7, 11) is 0. The topological polar surface area (TPSA) is 49.4 Å². The molecule has 0 aliphatic carbocycles. The number of likely N-dealkylation sites (tertiary alicyclic amines) is 1. The monoisotopic (exact) mass is 340 g/mol. The third kappa shape index (κ3) is 4.51. The molecule has 0 saturated carbocycles. The predicted octanol–water partition coefficient (Wildman–Crippen LogP) is 3.40. The standard InChI is InChI=1S/C20H21FN2O2/c21-15-6-5-7-16(12-15)22-13-19(24)17-8-1-2-9-18(17)20(25)14-23-10-3-4-11-23/h1-2,5-9,12,22H,3-4,10-11,13-14H2. The normalized spacial score (nSPS) is 14.4. The minimum Gasteiger partial charge on any atom is -0.377 e. The van der Waals surface area contributed by atoms with Crippen LogP contribution < -0.4 is 5.32 Å². The van der Waals surface area contributed by atoms with E-state index in [1.165, 1.54) is 12.1 Å². The number of anilines is 1. The molecule has 1 aliphatic rings. The van der Waals surface area contributed by atoms with Crippen molar-refractivity contribution in [3.8, 4) is 0 Å². The molecule has 0 aromatic heterocycles. The van der Waals surface area contributed by atoms with Crippen LogP contribution in [-0.2, 0) is 0 Å². The van der Waals surface area contributed by atoms with Crippen LogP contribution in [0.4, 0.5) is 10.1 Å². The van der Waals surface area contributed by atoms with E-state index in [0.29, 0.717) is 23.4 Å². The zero-order valence-corrected chi connectivity index (χ0v) is 14.0. The summed E-state index contributed by atoms with van der Waals surface area (Å²) in [4.78, 5) is 27.2. The van der Waals surface area contributed by atoms with Gasteiger partial charge in [-0.1, -0.05) is 30.3 Å². The second kappa shape index (κ2) is 8.03. The van der Waals surface area contributed by atoms with E-state index in [-0.39, 0.29) is 23.9 Å². The number of hydrogen-bond donors (Lipinski definition) is 1. The number of carbonyl (C=O) groups excluding carboxylic acids is 2. The second-order valence-electron chi connectivity index (χ2n) is 6.24. The molecule has 0 atom stereocenters. The highest BCUT2D eigenvalue weighted by Crippen LogP contribution is 2.15. The van der Waals surface area contributed by atoms with Gasteiger partial charge in [0.05, 0.1) is 13.1 Å². The van der Waals surface area contributed by atoms with Crippen LogP contribution in [0.3, 0.4) is 0 Å². The smallest absolute Gasteiger partial charge is 0.182 e. The molecule has 25 heavy (non-hydrogen) atoms. The van der Waals surface area contributed by atoms with Gasteiger partial charge >= 0.3 is 0 Å². The Kier molecular flexibility index (Phi) is 5.56. The molecular formula is C20H21FN2O2. The maximum Gasteiger partial charge on any atom is 0.182 e. The summed E-state index contributed by atoms with van der Waals surface area (Å²) in [5.41, 5.74) is 1.41. The lowest BCUT2D eigenvalue weighted by Gasteiger charge is -2.15. The van der Waals surface area contributed by atoms with E-state index in [2.05, 4.69) is 10.2 Å². The van der Waals surface area contributed by atoms with Gasteiger partial charge in [0.1, 0.15) is 5.82 Å². The average Bonchev–Trinajstić information content (AvgIpc) is 3.12. The molecule has 1 saturated heterocycles. The molecule has 2 aromatic rings. The lowest BCUT2D eigenvalue weighted by Crippen LogP contribution is -2.28. The molecule has 0 spiro atoms. The number of Topliss-reactive ketones (excluding diaryl/α,β-unsaturated/α-hetero) is 2. The number of halogens is 1. The average molecular weight is 340 g/mol. The highest BCUT2D eigenvalue weighted by atomic mass is 19.1. The number of carbonyl (C=O) groups is 2. The van der Waals surface area contributed by atoms with Crippen molar-refractivity contribution in [1.82, 2.24) is 4.90 Å². The number of nitrogens with one attached hydrogen (secondary N) is 1. The molecule has 130 valence electrons. The summed E-state index contributed by atoms with van der Waals surface area (Å²) in [6, 6.07) is 12.9. The molecule has 0 bridgehead atoms. The van der Waals surface area contributed by atoms with Gasteiger partial charge in [0.25, 0.3) is 0 Å². The summed E-state index contributed by atoms with van der Waals surface area (Å²) in [5.74, 6) is -0.579. The van der Waals surface area contributed by atoms with E-state index < -0.39 is 0 Å². The van der Waals surface area contributed by atoms with Gasteiger partial charge in [-0.2, -0.15) is 0 Å². The van der Waals surface area contributed by atoms with Crippen LogP contribution in [0, 0.1) is 5.82 Å². The van der Waals surface area contributed by atoms with Crippen molar-refractivity contribution in [2.24, 2.45) is 0 Å². The maximum absolute atomic E-state index is 13.2. The quantitative estimate of drug-likeness (QED) is 0.785. The lowest BCUT2D eigenvalue weighted by atomic mass is 9.99. The number of hydrogen-bond acceptors (Lipinski definition) is 4. The van der Waals surface area contributed by atoms with Crippen LogP contribution in [0.5, 0.6) is 0 Å². The van der Waals surface area contributed by atoms with Crippen LogP contribution in [0.15, 0.2) is 48.5 Å². The van der Waals surface area contributed by atoms with Crippen molar-refractivity contribution in [2.75, 3.05) is 31.5 Å². The first-order chi connectivity index (χ1) is 12.1. The minimum absolute atomic E-state index is 0.0114. The van der Waals surface area contributed by atoms with E-state index in [1.54, 1.807) is 36.4 Å². The van der Waals surface area contributed by atoms with Crippen molar-refractivity contribution >= 4 is 17.3 Å². The van der Waals surface area contributed by atoms with E-state index in [0.717, 1.165) is 25.9 Å². The van der Waals surface area contributed by atoms with Crippen LogP contribution in [0.25, 0.3) is 0 Å². The van der Waals surface area contributed by atoms with Crippen molar-refractivity contribution < 1.29 is 14.0 Å². The Morgan fingerprint density at radius 2 is 1.64 bits per heavy atom. The fourth-order valence-corrected chi connectivity index (χ4v) is 3.07. The van der Waals surface area contributed by atoms with Gasteiger partial charge in [0.15, 0.2) is 11.6 Å². The van der Waals surface area contributed by atoms with Gasteiger partial charge in [-0.25, -0.2) is 4.39 Å². The second-order valence-corrected chi connectivity index (χ2v) is 6.24. The van der Waals surface area contributed by atoms with Gasteiger partial charge in [0, 0.05) is 16.8 Å². The summed E-state index contributed by atoms with van der Waals surface area (Å²) in [6.07, 6.45) is 2.23. The molecule has 1 N–H and O–H groups in total. The molecule has 0 radical (unpaired) electrons. The molecule has 1 aliphatic heterocycles. The highest BCUT2D eigenvalue weighted by molar-refractivity contribution is 6.10. The Hall–Kier alpha value is -2.53. The number of ketones is 2. The zero-order valence-electron chi connectivity index (χ0n) is 14.0. The van der Waals surface area contributed by atoms with Gasteiger partial charge in [0.2, 0.25) is 0 Å². The van der Waals surface area contributed by atoms with Crippen LogP contribution in [-0.4, -0.2) is 42.6 Å². The third-order valence-corrected chi connectivity index (χ3v) is 4.37. The minimum atomic E-state index is -0.362. The fraction of sp³-hybridized carbons (Fsp3) is 0.300. The fourth-order valence-electron chi connectivity index (χ4n) is 3.07.